The zero-order valence-electron chi connectivity index (χ0n) is 21.2. The smallest absolute Gasteiger partial charge is 0.135 e. The molecule has 39 heavy (non-hydrogen) atoms. The molecule has 9 rings (SSSR count). The first-order chi connectivity index (χ1) is 19.3. The molecule has 0 saturated carbocycles. The molecule has 3 heteroatoms. The fourth-order valence-corrected chi connectivity index (χ4v) is 6.86. The van der Waals surface area contributed by atoms with Crippen molar-refractivity contribution in [2.45, 2.75) is 12.5 Å². The summed E-state index contributed by atoms with van der Waals surface area (Å²) in [5, 5.41) is 3.61. The van der Waals surface area contributed by atoms with E-state index in [1.165, 1.54) is 50.4 Å². The summed E-state index contributed by atoms with van der Waals surface area (Å²) in [5.74, 6) is 0. The number of anilines is 2. The molecular formula is C36H24N2O. The molecule has 1 aliphatic heterocycles. The standard InChI is InChI=1S/C36H24N2O/c1-2-10-23(11-3-1)37-31-15-7-4-12-25(31)28-21-29-26-13-5-8-16-32(26)38(34(29)22-33(28)37)24-18-19-36-30(20-24)27-14-6-9-17-35(27)39-36/h1-21,33H,22H2. The number of nitrogens with zero attached hydrogens (tertiary/aromatic N) is 2. The van der Waals surface area contributed by atoms with Crippen molar-refractivity contribution in [2.75, 3.05) is 4.90 Å². The van der Waals surface area contributed by atoms with E-state index in [2.05, 4.69) is 125 Å². The SMILES string of the molecule is C1=C2c3ccccc3N(c3ccccc3)C2Cc2c1c1ccccc1n2-c1ccc2oc3ccccc3c2c1. The minimum Gasteiger partial charge on any atom is -0.456 e. The van der Waals surface area contributed by atoms with Gasteiger partial charge in [0.15, 0.2) is 0 Å². The normalized spacial score (nSPS) is 15.9. The van der Waals surface area contributed by atoms with Crippen LogP contribution in [-0.4, -0.2) is 10.6 Å². The monoisotopic (exact) mass is 500 g/mol. The highest BCUT2D eigenvalue weighted by Gasteiger charge is 2.39. The molecule has 1 aliphatic carbocycles. The van der Waals surface area contributed by atoms with Gasteiger partial charge in [0.05, 0.1) is 11.6 Å². The van der Waals surface area contributed by atoms with Crippen LogP contribution in [0, 0.1) is 0 Å². The second kappa shape index (κ2) is 7.75. The van der Waals surface area contributed by atoms with Crippen LogP contribution in [-0.2, 0) is 6.42 Å². The molecule has 184 valence electrons. The fourth-order valence-electron chi connectivity index (χ4n) is 6.86. The zero-order valence-corrected chi connectivity index (χ0v) is 21.2. The molecule has 0 radical (unpaired) electrons. The van der Waals surface area contributed by atoms with Crippen LogP contribution in [0.25, 0.3) is 50.2 Å². The lowest BCUT2D eigenvalue weighted by atomic mass is 9.89. The lowest BCUT2D eigenvalue weighted by molar-refractivity contribution is 0.669. The Morgan fingerprint density at radius 1 is 0.615 bits per heavy atom. The van der Waals surface area contributed by atoms with Crippen molar-refractivity contribution in [3.05, 3.63) is 138 Å². The Hall–Kier alpha value is -5.02. The highest BCUT2D eigenvalue weighted by Crippen LogP contribution is 2.50. The van der Waals surface area contributed by atoms with Crippen molar-refractivity contribution in [1.29, 1.82) is 0 Å². The van der Waals surface area contributed by atoms with Crippen molar-refractivity contribution in [1.82, 2.24) is 4.57 Å². The summed E-state index contributed by atoms with van der Waals surface area (Å²) in [5.41, 5.74) is 12.2. The van der Waals surface area contributed by atoms with Crippen LogP contribution in [0.15, 0.2) is 126 Å². The van der Waals surface area contributed by atoms with Crippen LogP contribution < -0.4 is 4.90 Å². The van der Waals surface area contributed by atoms with E-state index in [-0.39, 0.29) is 6.04 Å². The van der Waals surface area contributed by atoms with Crippen LogP contribution in [0.2, 0.25) is 0 Å². The Kier molecular flexibility index (Phi) is 4.17. The van der Waals surface area contributed by atoms with E-state index in [1.54, 1.807) is 0 Å². The van der Waals surface area contributed by atoms with Crippen molar-refractivity contribution >= 4 is 55.9 Å². The van der Waals surface area contributed by atoms with Gasteiger partial charge in [-0.1, -0.05) is 72.8 Å². The maximum atomic E-state index is 6.16. The predicted molar refractivity (Wildman–Crippen MR) is 161 cm³/mol. The number of benzene rings is 5. The molecule has 0 amide bonds. The Bertz CT molecular complexity index is 2110. The largest absolute Gasteiger partial charge is 0.456 e. The number of aromatic nitrogens is 1. The molecule has 3 heterocycles. The van der Waals surface area contributed by atoms with E-state index in [0.29, 0.717) is 0 Å². The van der Waals surface area contributed by atoms with Crippen LogP contribution in [0.3, 0.4) is 0 Å². The number of hydrogen-bond donors (Lipinski definition) is 0. The molecule has 0 saturated heterocycles. The van der Waals surface area contributed by atoms with E-state index < -0.39 is 0 Å². The van der Waals surface area contributed by atoms with Crippen molar-refractivity contribution in [3.63, 3.8) is 0 Å². The Balaban J connectivity index is 1.30. The van der Waals surface area contributed by atoms with Crippen LogP contribution in [0.1, 0.15) is 16.8 Å². The van der Waals surface area contributed by atoms with Gasteiger partial charge < -0.3 is 13.9 Å². The average molecular weight is 501 g/mol. The zero-order chi connectivity index (χ0) is 25.5. The van der Waals surface area contributed by atoms with Crippen LogP contribution >= 0.6 is 0 Å². The maximum Gasteiger partial charge on any atom is 0.135 e. The maximum absolute atomic E-state index is 6.16. The summed E-state index contributed by atoms with van der Waals surface area (Å²) in [7, 11) is 0. The highest BCUT2D eigenvalue weighted by molar-refractivity contribution is 6.07. The number of rotatable bonds is 2. The Labute approximate surface area is 225 Å². The summed E-state index contributed by atoms with van der Waals surface area (Å²) in [4.78, 5) is 2.53. The van der Waals surface area contributed by atoms with Gasteiger partial charge in [-0.05, 0) is 60.2 Å². The highest BCUT2D eigenvalue weighted by atomic mass is 16.3. The molecule has 0 bridgehead atoms. The second-order valence-corrected chi connectivity index (χ2v) is 10.5. The number of hydrogen-bond acceptors (Lipinski definition) is 2. The van der Waals surface area contributed by atoms with Gasteiger partial charge in [0.2, 0.25) is 0 Å². The molecule has 0 fully saturated rings. The van der Waals surface area contributed by atoms with Gasteiger partial charge in [0, 0.05) is 56.5 Å². The third-order valence-corrected chi connectivity index (χ3v) is 8.50. The van der Waals surface area contributed by atoms with Gasteiger partial charge >= 0.3 is 0 Å². The minimum atomic E-state index is 0.235. The van der Waals surface area contributed by atoms with E-state index >= 15 is 0 Å². The molecule has 1 unspecified atom stereocenters. The molecule has 0 N–H and O–H groups in total. The Morgan fingerprint density at radius 3 is 2.28 bits per heavy atom. The molecule has 2 aliphatic rings. The van der Waals surface area contributed by atoms with E-state index in [1.807, 2.05) is 12.1 Å². The number of para-hydroxylation sites is 4. The molecule has 0 spiro atoms. The third kappa shape index (κ3) is 2.87. The summed E-state index contributed by atoms with van der Waals surface area (Å²) in [6, 6.07) is 43.7. The van der Waals surface area contributed by atoms with Crippen molar-refractivity contribution < 1.29 is 4.42 Å². The molecular weight excluding hydrogens is 476 g/mol. The summed E-state index contributed by atoms with van der Waals surface area (Å²) < 4.78 is 8.63. The van der Waals surface area contributed by atoms with Crippen molar-refractivity contribution in [3.8, 4) is 5.69 Å². The van der Waals surface area contributed by atoms with Gasteiger partial charge in [0.1, 0.15) is 11.2 Å². The number of furan rings is 1. The summed E-state index contributed by atoms with van der Waals surface area (Å²) >= 11 is 0. The predicted octanol–water partition coefficient (Wildman–Crippen LogP) is 9.15. The first kappa shape index (κ1) is 21.0. The van der Waals surface area contributed by atoms with Gasteiger partial charge in [-0.15, -0.1) is 0 Å². The first-order valence-electron chi connectivity index (χ1n) is 13.5. The molecule has 1 atom stereocenters. The minimum absolute atomic E-state index is 0.235. The number of fused-ring (bicyclic) bond motifs is 9. The van der Waals surface area contributed by atoms with Gasteiger partial charge in [-0.2, -0.15) is 0 Å². The second-order valence-electron chi connectivity index (χ2n) is 10.5. The third-order valence-electron chi connectivity index (χ3n) is 8.50. The Morgan fingerprint density at radius 2 is 1.36 bits per heavy atom. The fraction of sp³-hybridized carbons (Fsp3) is 0.0556. The lowest BCUT2D eigenvalue weighted by Gasteiger charge is -2.31. The molecule has 5 aromatic carbocycles. The van der Waals surface area contributed by atoms with E-state index in [4.69, 9.17) is 4.42 Å². The summed E-state index contributed by atoms with van der Waals surface area (Å²) in [6.45, 7) is 0. The topological polar surface area (TPSA) is 21.3 Å². The molecule has 2 aromatic heterocycles. The van der Waals surface area contributed by atoms with E-state index in [0.717, 1.165) is 28.4 Å². The molecule has 3 nitrogen and oxygen atoms in total. The first-order valence-corrected chi connectivity index (χ1v) is 13.5. The summed E-state index contributed by atoms with van der Waals surface area (Å²) in [6.07, 6.45) is 3.37. The quantitative estimate of drug-likeness (QED) is 0.236. The van der Waals surface area contributed by atoms with Crippen LogP contribution in [0.5, 0.6) is 0 Å². The van der Waals surface area contributed by atoms with Gasteiger partial charge in [-0.25, -0.2) is 0 Å². The van der Waals surface area contributed by atoms with Gasteiger partial charge in [0.25, 0.3) is 0 Å². The van der Waals surface area contributed by atoms with Crippen molar-refractivity contribution in [2.24, 2.45) is 0 Å². The van der Waals surface area contributed by atoms with Gasteiger partial charge in [-0.3, -0.25) is 0 Å². The lowest BCUT2D eigenvalue weighted by Crippen LogP contribution is -2.31. The van der Waals surface area contributed by atoms with E-state index in [9.17, 15) is 0 Å². The average Bonchev–Trinajstić information content (AvgIpc) is 3.63. The van der Waals surface area contributed by atoms with Crippen LogP contribution in [0.4, 0.5) is 11.4 Å². The molecule has 7 aromatic rings.